The first-order valence-corrected chi connectivity index (χ1v) is 13.1. The summed E-state index contributed by atoms with van der Waals surface area (Å²) in [4.78, 5) is 24.7. The van der Waals surface area contributed by atoms with Crippen LogP contribution in [0.3, 0.4) is 0 Å². The number of ether oxygens (including phenoxy) is 1. The Morgan fingerprint density at radius 3 is 2.84 bits per heavy atom. The van der Waals surface area contributed by atoms with Gasteiger partial charge in [-0.25, -0.2) is 14.4 Å². The molecule has 0 unspecified atom stereocenters. The van der Waals surface area contributed by atoms with E-state index in [9.17, 15) is 9.18 Å². The molecule has 0 bridgehead atoms. The summed E-state index contributed by atoms with van der Waals surface area (Å²) in [6, 6.07) is 10.9. The van der Waals surface area contributed by atoms with Crippen molar-refractivity contribution in [2.75, 3.05) is 19.5 Å². The normalized spacial score (nSPS) is 22.6. The maximum atomic E-state index is 13.7. The third-order valence-corrected chi connectivity index (χ3v) is 8.67. The zero-order chi connectivity index (χ0) is 26.0. The van der Waals surface area contributed by atoms with E-state index in [2.05, 4.69) is 33.6 Å². The Labute approximate surface area is 219 Å². The lowest BCUT2D eigenvalue weighted by Crippen LogP contribution is -2.42. The van der Waals surface area contributed by atoms with Crippen molar-refractivity contribution in [2.45, 2.75) is 50.4 Å². The molecule has 1 aliphatic carbocycles. The number of carbonyl (C=O) groups excluding carboxylic acids is 1. The second-order valence-electron chi connectivity index (χ2n) is 10.6. The first-order chi connectivity index (χ1) is 18.5. The van der Waals surface area contributed by atoms with Crippen molar-refractivity contribution in [3.63, 3.8) is 0 Å². The lowest BCUT2D eigenvalue weighted by Gasteiger charge is -2.42. The highest BCUT2D eigenvalue weighted by Crippen LogP contribution is 2.48. The number of methoxy groups -OCH3 is 1. The molecule has 2 aliphatic heterocycles. The molecule has 3 aromatic heterocycles. The van der Waals surface area contributed by atoms with E-state index in [0.717, 1.165) is 60.6 Å². The third-order valence-electron chi connectivity index (χ3n) is 8.67. The first-order valence-electron chi connectivity index (χ1n) is 13.1. The van der Waals surface area contributed by atoms with Crippen molar-refractivity contribution in [1.82, 2.24) is 24.6 Å². The van der Waals surface area contributed by atoms with Crippen molar-refractivity contribution in [2.24, 2.45) is 0 Å². The van der Waals surface area contributed by atoms with Crippen LogP contribution in [0.4, 0.5) is 15.9 Å². The van der Waals surface area contributed by atoms with E-state index in [1.165, 1.54) is 17.7 Å². The number of fused-ring (bicyclic) bond motifs is 4. The molecule has 9 heteroatoms. The number of rotatable bonds is 4. The molecule has 1 aromatic carbocycles. The van der Waals surface area contributed by atoms with E-state index in [1.54, 1.807) is 19.5 Å². The maximum absolute atomic E-state index is 13.7. The first kappa shape index (κ1) is 23.3. The van der Waals surface area contributed by atoms with Crippen LogP contribution in [0.1, 0.15) is 52.9 Å². The second kappa shape index (κ2) is 8.61. The maximum Gasteiger partial charge on any atom is 0.254 e. The molecule has 3 aliphatic rings. The number of anilines is 2. The number of nitrogens with one attached hydrogen (secondary N) is 2. The highest BCUT2D eigenvalue weighted by Gasteiger charge is 2.46. The molecule has 0 atom stereocenters. The summed E-state index contributed by atoms with van der Waals surface area (Å²) in [6.45, 7) is 1.22. The van der Waals surface area contributed by atoms with Gasteiger partial charge in [-0.15, -0.1) is 0 Å². The molecule has 8 nitrogen and oxygen atoms in total. The standard InChI is InChI=1S/C29H29FN6O2/c1-35-16-23-21(29(35)10-7-18(38-2)8-11-29)4-6-25(34-23)33-22-5-3-19(20-14-32-28(37)27(20)22)24-15-31-26-13-17(30)9-12-36(24)26/h3-6,9,12-13,15,18H,7-8,10-11,14,16H2,1-2H3,(H,32,37)(H,33,34). The van der Waals surface area contributed by atoms with E-state index >= 15 is 0 Å². The van der Waals surface area contributed by atoms with Crippen molar-refractivity contribution < 1.29 is 13.9 Å². The fourth-order valence-electron chi connectivity index (χ4n) is 6.64. The number of benzene rings is 1. The van der Waals surface area contributed by atoms with Gasteiger partial charge in [-0.3, -0.25) is 14.1 Å². The summed E-state index contributed by atoms with van der Waals surface area (Å²) >= 11 is 0. The predicted molar refractivity (Wildman–Crippen MR) is 142 cm³/mol. The Morgan fingerprint density at radius 2 is 2.03 bits per heavy atom. The lowest BCUT2D eigenvalue weighted by atomic mass is 9.76. The van der Waals surface area contributed by atoms with Crippen molar-refractivity contribution in [1.29, 1.82) is 0 Å². The van der Waals surface area contributed by atoms with Gasteiger partial charge >= 0.3 is 0 Å². The summed E-state index contributed by atoms with van der Waals surface area (Å²) in [7, 11) is 3.99. The summed E-state index contributed by atoms with van der Waals surface area (Å²) < 4.78 is 21.1. The van der Waals surface area contributed by atoms with Gasteiger partial charge in [0, 0.05) is 43.6 Å². The monoisotopic (exact) mass is 512 g/mol. The van der Waals surface area contributed by atoms with Crippen LogP contribution >= 0.6 is 0 Å². The molecule has 1 amide bonds. The number of amides is 1. The second-order valence-corrected chi connectivity index (χ2v) is 10.6. The van der Waals surface area contributed by atoms with Crippen LogP contribution in [0, 0.1) is 5.82 Å². The van der Waals surface area contributed by atoms with Crippen LogP contribution in [0.25, 0.3) is 16.9 Å². The van der Waals surface area contributed by atoms with Gasteiger partial charge in [-0.05, 0) is 62.1 Å². The number of aromatic nitrogens is 3. The minimum absolute atomic E-state index is 0.0234. The molecule has 1 fully saturated rings. The average Bonchev–Trinajstić information content (AvgIpc) is 3.59. The molecule has 1 saturated carbocycles. The number of halogens is 1. The number of pyridine rings is 2. The summed E-state index contributed by atoms with van der Waals surface area (Å²) in [5.74, 6) is 0.261. The van der Waals surface area contributed by atoms with Crippen LogP contribution in [0.15, 0.2) is 48.8 Å². The van der Waals surface area contributed by atoms with Gasteiger partial charge in [0.25, 0.3) is 5.91 Å². The molecule has 194 valence electrons. The van der Waals surface area contributed by atoms with Gasteiger partial charge in [-0.2, -0.15) is 0 Å². The van der Waals surface area contributed by atoms with Gasteiger partial charge in [0.2, 0.25) is 0 Å². The van der Waals surface area contributed by atoms with Crippen LogP contribution in [0.5, 0.6) is 0 Å². The van der Waals surface area contributed by atoms with Gasteiger partial charge in [0.05, 0.1) is 34.9 Å². The van der Waals surface area contributed by atoms with Crippen LogP contribution in [0.2, 0.25) is 0 Å². The largest absolute Gasteiger partial charge is 0.381 e. The van der Waals surface area contributed by atoms with Crippen LogP contribution in [-0.2, 0) is 23.4 Å². The van der Waals surface area contributed by atoms with Crippen molar-refractivity contribution in [3.8, 4) is 11.3 Å². The number of hydrogen-bond acceptors (Lipinski definition) is 6. The lowest BCUT2D eigenvalue weighted by molar-refractivity contribution is 0.00376. The molecule has 38 heavy (non-hydrogen) atoms. The quantitative estimate of drug-likeness (QED) is 0.411. The van der Waals surface area contributed by atoms with E-state index in [1.807, 2.05) is 22.6 Å². The van der Waals surface area contributed by atoms with E-state index in [4.69, 9.17) is 9.72 Å². The summed E-state index contributed by atoms with van der Waals surface area (Å²) in [5.41, 5.74) is 6.85. The predicted octanol–water partition coefficient (Wildman–Crippen LogP) is 4.75. The smallest absolute Gasteiger partial charge is 0.254 e. The van der Waals surface area contributed by atoms with Gasteiger partial charge in [-0.1, -0.05) is 12.1 Å². The number of imidazole rings is 1. The topological polar surface area (TPSA) is 83.8 Å². The molecule has 0 saturated heterocycles. The van der Waals surface area contributed by atoms with Crippen LogP contribution < -0.4 is 10.6 Å². The summed E-state index contributed by atoms with van der Waals surface area (Å²) in [6.07, 6.45) is 7.95. The Kier molecular flexibility index (Phi) is 5.28. The van der Waals surface area contributed by atoms with Gasteiger partial charge < -0.3 is 15.4 Å². The molecule has 7 rings (SSSR count). The van der Waals surface area contributed by atoms with Gasteiger partial charge in [0.1, 0.15) is 17.3 Å². The SMILES string of the molecule is COC1CCC2(CC1)c1ccc(Nc3ccc(-c4cnc5cc(F)ccn45)c4c3C(=O)NC4)nc1CN2C. The Balaban J connectivity index is 1.22. The number of hydrogen-bond donors (Lipinski definition) is 2. The van der Waals surface area contributed by atoms with Crippen molar-refractivity contribution >= 4 is 23.1 Å². The molecule has 4 aromatic rings. The third kappa shape index (κ3) is 3.45. The van der Waals surface area contributed by atoms with Crippen molar-refractivity contribution in [3.05, 3.63) is 77.0 Å². The molecule has 1 spiro atoms. The van der Waals surface area contributed by atoms with Gasteiger partial charge in [0.15, 0.2) is 0 Å². The molecule has 2 N–H and O–H groups in total. The molecule has 5 heterocycles. The van der Waals surface area contributed by atoms with Crippen LogP contribution in [-0.4, -0.2) is 45.4 Å². The fourth-order valence-corrected chi connectivity index (χ4v) is 6.64. The van der Waals surface area contributed by atoms with E-state index in [-0.39, 0.29) is 17.3 Å². The summed E-state index contributed by atoms with van der Waals surface area (Å²) in [5, 5.41) is 6.38. The molecular weight excluding hydrogens is 483 g/mol. The number of carbonyl (C=O) groups is 1. The highest BCUT2D eigenvalue weighted by molar-refractivity contribution is 6.06. The zero-order valence-electron chi connectivity index (χ0n) is 21.4. The van der Waals surface area contributed by atoms with E-state index < -0.39 is 0 Å². The fraction of sp³-hybridized carbons (Fsp3) is 0.345. The van der Waals surface area contributed by atoms with E-state index in [0.29, 0.717) is 29.5 Å². The average molecular weight is 513 g/mol. The minimum atomic E-state index is -0.335. The highest BCUT2D eigenvalue weighted by atomic mass is 19.1. The zero-order valence-corrected chi connectivity index (χ0v) is 21.4. The number of nitrogens with zero attached hydrogens (tertiary/aromatic N) is 4. The molecular formula is C29H29FN6O2. The Bertz CT molecular complexity index is 1590. The Hall–Kier alpha value is -3.82. The molecule has 0 radical (unpaired) electrons. The Morgan fingerprint density at radius 1 is 1.18 bits per heavy atom. The minimum Gasteiger partial charge on any atom is -0.381 e.